The van der Waals surface area contributed by atoms with Crippen LogP contribution in [0.4, 0.5) is 0 Å². The highest BCUT2D eigenvalue weighted by atomic mass is 79.9. The molecule has 0 atom stereocenters. The Morgan fingerprint density at radius 2 is 1.30 bits per heavy atom. The molecule has 0 saturated heterocycles. The standard InChI is InChI=1S/C25H44N2O2S.CH4.2BrH/c1-22-24(14-19-28)13-18-26(22)16-11-9-7-5-3-4-6-8-10-12-17-27-21-30-25(15-20-29)23(27)2;;;/h18,21,28-29H,3-17,19-20H2,1-2H3;1H4;2*1H/q+2;;;/p-2. The van der Waals surface area contributed by atoms with Crippen molar-refractivity contribution in [3.8, 4) is 0 Å². The molecule has 194 valence electrons. The highest BCUT2D eigenvalue weighted by Gasteiger charge is 2.20. The summed E-state index contributed by atoms with van der Waals surface area (Å²) in [7, 11) is 0. The third kappa shape index (κ3) is 13.0. The summed E-state index contributed by atoms with van der Waals surface area (Å²) < 4.78 is 4.76. The van der Waals surface area contributed by atoms with Crippen LogP contribution >= 0.6 is 11.3 Å². The first kappa shape index (κ1) is 35.1. The lowest BCUT2D eigenvalue weighted by molar-refractivity contribution is -0.698. The second kappa shape index (κ2) is 21.2. The van der Waals surface area contributed by atoms with Gasteiger partial charge in [0.15, 0.2) is 11.4 Å². The third-order valence-electron chi connectivity index (χ3n) is 6.46. The van der Waals surface area contributed by atoms with Crippen LogP contribution in [0.2, 0.25) is 0 Å². The van der Waals surface area contributed by atoms with Crippen molar-refractivity contribution in [2.75, 3.05) is 19.8 Å². The van der Waals surface area contributed by atoms with E-state index in [2.05, 4.69) is 34.7 Å². The molecule has 0 spiro atoms. The molecule has 0 aromatic carbocycles. The first-order valence-electron chi connectivity index (χ1n) is 12.1. The Balaban J connectivity index is 0. The van der Waals surface area contributed by atoms with Crippen molar-refractivity contribution >= 4 is 17.6 Å². The molecule has 0 unspecified atom stereocenters. The van der Waals surface area contributed by atoms with Crippen LogP contribution in [0.15, 0.2) is 16.8 Å². The molecule has 2 rings (SSSR count). The van der Waals surface area contributed by atoms with E-state index >= 15 is 0 Å². The zero-order valence-electron chi connectivity index (χ0n) is 20.1. The lowest BCUT2D eigenvalue weighted by Crippen LogP contribution is -3.00. The Labute approximate surface area is 228 Å². The fourth-order valence-corrected chi connectivity index (χ4v) is 5.39. The fourth-order valence-electron chi connectivity index (χ4n) is 4.38. The number of hydrogen-bond donors (Lipinski definition) is 2. The zero-order valence-corrected chi connectivity index (χ0v) is 24.1. The number of rotatable bonds is 17. The maximum Gasteiger partial charge on any atom is 0.225 e. The Morgan fingerprint density at radius 1 is 0.788 bits per heavy atom. The van der Waals surface area contributed by atoms with E-state index in [-0.39, 0.29) is 54.6 Å². The molecule has 0 saturated carbocycles. The van der Waals surface area contributed by atoms with Crippen LogP contribution in [-0.2, 0) is 13.0 Å². The SMILES string of the molecule is C.CC1=C(CCO)CC=[N+]1CCCCCCCCCCCC[n+]1csc(CCO)c1C.[Br-].[Br-]. The number of allylic oxidation sites excluding steroid dienone is 1. The number of halogens is 2. The van der Waals surface area contributed by atoms with E-state index in [0.717, 1.165) is 32.4 Å². The summed E-state index contributed by atoms with van der Waals surface area (Å²) in [5.41, 5.74) is 6.34. The summed E-state index contributed by atoms with van der Waals surface area (Å²) in [6.45, 7) is 7.17. The summed E-state index contributed by atoms with van der Waals surface area (Å²) in [4.78, 5) is 1.33. The summed E-state index contributed by atoms with van der Waals surface area (Å²) in [6.07, 6.45) is 18.4. The fraction of sp³-hybridized carbons (Fsp3) is 0.769. The molecular weight excluding hydrogens is 564 g/mol. The number of aryl methyl sites for hydroxylation is 1. The van der Waals surface area contributed by atoms with E-state index in [1.165, 1.54) is 86.0 Å². The third-order valence-corrected chi connectivity index (χ3v) is 7.60. The minimum absolute atomic E-state index is 0. The largest absolute Gasteiger partial charge is 1.00 e. The van der Waals surface area contributed by atoms with E-state index in [9.17, 15) is 0 Å². The molecule has 2 N–H and O–H groups in total. The topological polar surface area (TPSA) is 47.4 Å². The van der Waals surface area contributed by atoms with Gasteiger partial charge >= 0.3 is 0 Å². The lowest BCUT2D eigenvalue weighted by Gasteiger charge is -2.03. The van der Waals surface area contributed by atoms with Gasteiger partial charge in [0.05, 0.1) is 11.3 Å². The van der Waals surface area contributed by atoms with Gasteiger partial charge in [0.25, 0.3) is 0 Å². The van der Waals surface area contributed by atoms with Crippen LogP contribution in [-0.4, -0.2) is 40.8 Å². The van der Waals surface area contributed by atoms with Crippen LogP contribution in [0.3, 0.4) is 0 Å². The van der Waals surface area contributed by atoms with Gasteiger partial charge in [0, 0.05) is 51.9 Å². The smallest absolute Gasteiger partial charge is 0.225 e. The molecule has 4 nitrogen and oxygen atoms in total. The predicted octanol–water partition coefficient (Wildman–Crippen LogP) is -0.433. The molecule has 0 bridgehead atoms. The zero-order chi connectivity index (χ0) is 21.6. The van der Waals surface area contributed by atoms with E-state index in [4.69, 9.17) is 10.2 Å². The Hall–Kier alpha value is -0.0800. The maximum atomic E-state index is 9.11. The molecule has 1 aromatic heterocycles. The number of hydrogen-bond acceptors (Lipinski definition) is 3. The second-order valence-electron chi connectivity index (χ2n) is 8.68. The van der Waals surface area contributed by atoms with Crippen LogP contribution in [0.5, 0.6) is 0 Å². The minimum atomic E-state index is 0. The van der Waals surface area contributed by atoms with Crippen molar-refractivity contribution in [3.05, 3.63) is 27.4 Å². The molecule has 7 heteroatoms. The Kier molecular flexibility index (Phi) is 22.6. The van der Waals surface area contributed by atoms with Gasteiger partial charge in [-0.1, -0.05) is 57.3 Å². The van der Waals surface area contributed by atoms with Crippen LogP contribution in [0.1, 0.15) is 102 Å². The summed E-state index contributed by atoms with van der Waals surface area (Å²) in [5, 5.41) is 18.2. The van der Waals surface area contributed by atoms with Gasteiger partial charge in [-0.25, -0.2) is 4.58 Å². The van der Waals surface area contributed by atoms with Crippen molar-refractivity contribution < 1.29 is 53.3 Å². The Bertz CT molecular complexity index is 690. The molecule has 0 amide bonds. The van der Waals surface area contributed by atoms with Gasteiger partial charge in [-0.2, -0.15) is 4.57 Å². The first-order chi connectivity index (χ1) is 14.7. The van der Waals surface area contributed by atoms with E-state index in [1.807, 2.05) is 0 Å². The van der Waals surface area contributed by atoms with Gasteiger partial charge in [-0.05, 0) is 19.3 Å². The highest BCUT2D eigenvalue weighted by molar-refractivity contribution is 7.09. The van der Waals surface area contributed by atoms with E-state index in [1.54, 1.807) is 11.3 Å². The lowest BCUT2D eigenvalue weighted by atomic mass is 10.1. The summed E-state index contributed by atoms with van der Waals surface area (Å²) >= 11 is 1.78. The highest BCUT2D eigenvalue weighted by Crippen LogP contribution is 2.19. The average Bonchev–Trinajstić information content (AvgIpc) is 3.26. The average molecular weight is 613 g/mol. The summed E-state index contributed by atoms with van der Waals surface area (Å²) in [6, 6.07) is 0. The van der Waals surface area contributed by atoms with Crippen molar-refractivity contribution in [2.45, 2.75) is 111 Å². The number of thiazole rings is 1. The number of aliphatic hydroxyl groups excluding tert-OH is 2. The van der Waals surface area contributed by atoms with Crippen molar-refractivity contribution in [1.82, 2.24) is 0 Å². The minimum Gasteiger partial charge on any atom is -1.00 e. The van der Waals surface area contributed by atoms with E-state index < -0.39 is 0 Å². The quantitative estimate of drug-likeness (QED) is 0.186. The maximum absolute atomic E-state index is 9.11. The van der Waals surface area contributed by atoms with Crippen LogP contribution < -0.4 is 38.5 Å². The summed E-state index contributed by atoms with van der Waals surface area (Å²) in [5.74, 6) is 0. The number of aromatic nitrogens is 1. The van der Waals surface area contributed by atoms with Gasteiger partial charge in [-0.3, -0.25) is 0 Å². The predicted molar refractivity (Wildman–Crippen MR) is 133 cm³/mol. The molecule has 0 fully saturated rings. The normalized spacial score (nSPS) is 12.8. The molecule has 2 heterocycles. The molecule has 1 aliphatic rings. The van der Waals surface area contributed by atoms with Crippen LogP contribution in [0.25, 0.3) is 0 Å². The molecule has 0 aliphatic carbocycles. The van der Waals surface area contributed by atoms with Crippen molar-refractivity contribution in [3.63, 3.8) is 0 Å². The van der Waals surface area contributed by atoms with E-state index in [0.29, 0.717) is 0 Å². The molecule has 1 aromatic rings. The first-order valence-corrected chi connectivity index (χ1v) is 13.0. The number of aliphatic hydroxyl groups is 2. The molecule has 1 aliphatic heterocycles. The molecule has 0 radical (unpaired) electrons. The van der Waals surface area contributed by atoms with Gasteiger partial charge < -0.3 is 44.2 Å². The second-order valence-corrected chi connectivity index (χ2v) is 9.62. The van der Waals surface area contributed by atoms with Crippen molar-refractivity contribution in [1.29, 1.82) is 0 Å². The molecule has 33 heavy (non-hydrogen) atoms. The van der Waals surface area contributed by atoms with Gasteiger partial charge in [-0.15, -0.1) is 0 Å². The van der Waals surface area contributed by atoms with Gasteiger partial charge in [0.1, 0.15) is 19.3 Å². The number of unbranched alkanes of at least 4 members (excludes halogenated alkanes) is 9. The molecular formula is C26H48Br2N2O2S. The van der Waals surface area contributed by atoms with Crippen LogP contribution in [0, 0.1) is 6.92 Å². The monoisotopic (exact) mass is 610 g/mol. The van der Waals surface area contributed by atoms with Gasteiger partial charge in [0.2, 0.25) is 5.51 Å². The Morgan fingerprint density at radius 3 is 1.85 bits per heavy atom. The van der Waals surface area contributed by atoms with Crippen molar-refractivity contribution in [2.24, 2.45) is 0 Å². The number of nitrogens with zero attached hydrogens (tertiary/aromatic N) is 2.